The highest BCUT2D eigenvalue weighted by atomic mass is 16.6. The molecule has 2 N–H and O–H groups in total. The molecule has 0 saturated carbocycles. The van der Waals surface area contributed by atoms with Crippen molar-refractivity contribution in [3.05, 3.63) is 29.8 Å². The summed E-state index contributed by atoms with van der Waals surface area (Å²) in [7, 11) is 2.18. The Morgan fingerprint density at radius 2 is 2.00 bits per heavy atom. The number of ether oxygens (including phenoxy) is 1. The summed E-state index contributed by atoms with van der Waals surface area (Å²) in [5, 5.41) is 6.40. The molecule has 24 heavy (non-hydrogen) atoms. The van der Waals surface area contributed by atoms with Gasteiger partial charge in [-0.25, -0.2) is 4.79 Å². The van der Waals surface area contributed by atoms with E-state index in [9.17, 15) is 4.79 Å². The van der Waals surface area contributed by atoms with Crippen molar-refractivity contribution in [2.75, 3.05) is 32.0 Å². The van der Waals surface area contributed by atoms with Crippen molar-refractivity contribution < 1.29 is 9.53 Å². The van der Waals surface area contributed by atoms with Gasteiger partial charge in [-0.2, -0.15) is 0 Å². The van der Waals surface area contributed by atoms with Crippen molar-refractivity contribution >= 4 is 11.8 Å². The van der Waals surface area contributed by atoms with Gasteiger partial charge in [0.2, 0.25) is 0 Å². The number of likely N-dealkylation sites (N-methyl/N-ethyl adjacent to an activating group) is 1. The molecular weight excluding hydrogens is 302 g/mol. The fourth-order valence-corrected chi connectivity index (χ4v) is 2.93. The van der Waals surface area contributed by atoms with Gasteiger partial charge >= 0.3 is 6.09 Å². The number of nitrogens with zero attached hydrogens (tertiary/aromatic N) is 1. The van der Waals surface area contributed by atoms with Crippen LogP contribution in [-0.2, 0) is 11.2 Å². The molecule has 1 aromatic rings. The van der Waals surface area contributed by atoms with E-state index in [0.29, 0.717) is 6.04 Å². The van der Waals surface area contributed by atoms with Gasteiger partial charge < -0.3 is 15.0 Å². The van der Waals surface area contributed by atoms with Gasteiger partial charge in [0.05, 0.1) is 0 Å². The van der Waals surface area contributed by atoms with Gasteiger partial charge in [0.25, 0.3) is 0 Å². The van der Waals surface area contributed by atoms with Gasteiger partial charge in [-0.3, -0.25) is 5.32 Å². The van der Waals surface area contributed by atoms with Crippen LogP contribution in [-0.4, -0.2) is 49.3 Å². The minimum atomic E-state index is -0.483. The number of amides is 1. The lowest BCUT2D eigenvalue weighted by atomic mass is 10.1. The van der Waals surface area contributed by atoms with Gasteiger partial charge in [-0.1, -0.05) is 12.1 Å². The maximum atomic E-state index is 11.7. The van der Waals surface area contributed by atoms with E-state index in [0.717, 1.165) is 25.2 Å². The predicted molar refractivity (Wildman–Crippen MR) is 98.5 cm³/mol. The van der Waals surface area contributed by atoms with Crippen LogP contribution in [0.2, 0.25) is 0 Å². The summed E-state index contributed by atoms with van der Waals surface area (Å²) in [6.45, 7) is 8.90. The van der Waals surface area contributed by atoms with Crippen molar-refractivity contribution in [3.63, 3.8) is 0 Å². The monoisotopic (exact) mass is 333 g/mol. The van der Waals surface area contributed by atoms with Crippen LogP contribution in [0, 0.1) is 0 Å². The Morgan fingerprint density at radius 3 is 2.62 bits per heavy atom. The van der Waals surface area contributed by atoms with Crippen LogP contribution in [0.15, 0.2) is 24.3 Å². The molecule has 0 radical (unpaired) electrons. The Morgan fingerprint density at radius 1 is 1.29 bits per heavy atom. The molecule has 1 heterocycles. The average Bonchev–Trinajstić information content (AvgIpc) is 2.47. The van der Waals surface area contributed by atoms with Gasteiger partial charge in [0.15, 0.2) is 0 Å². The van der Waals surface area contributed by atoms with E-state index in [1.807, 2.05) is 32.9 Å². The lowest BCUT2D eigenvalue weighted by molar-refractivity contribution is 0.0636. The lowest BCUT2D eigenvalue weighted by Crippen LogP contribution is -2.44. The van der Waals surface area contributed by atoms with Crippen molar-refractivity contribution in [1.29, 1.82) is 0 Å². The maximum Gasteiger partial charge on any atom is 0.412 e. The third kappa shape index (κ3) is 6.89. The van der Waals surface area contributed by atoms with Gasteiger partial charge in [-0.15, -0.1) is 0 Å². The number of rotatable bonds is 5. The molecule has 1 aliphatic rings. The third-order valence-electron chi connectivity index (χ3n) is 4.07. The molecule has 0 aromatic heterocycles. The Balaban J connectivity index is 1.72. The summed E-state index contributed by atoms with van der Waals surface area (Å²) in [6.07, 6.45) is 3.12. The number of likely N-dealkylation sites (tertiary alicyclic amines) is 1. The Labute approximate surface area is 145 Å². The van der Waals surface area contributed by atoms with Crippen molar-refractivity contribution in [2.45, 2.75) is 51.7 Å². The Kier molecular flexibility index (Phi) is 6.63. The van der Waals surface area contributed by atoms with E-state index in [1.54, 1.807) is 0 Å². The predicted octanol–water partition coefficient (Wildman–Crippen LogP) is 3.26. The van der Waals surface area contributed by atoms with Crippen LogP contribution in [0.5, 0.6) is 0 Å². The van der Waals surface area contributed by atoms with Crippen LogP contribution in [0.1, 0.15) is 39.2 Å². The zero-order valence-electron chi connectivity index (χ0n) is 15.4. The van der Waals surface area contributed by atoms with E-state index in [1.165, 1.54) is 24.9 Å². The molecule has 1 aromatic carbocycles. The Hall–Kier alpha value is -1.59. The third-order valence-corrected chi connectivity index (χ3v) is 4.07. The summed E-state index contributed by atoms with van der Waals surface area (Å²) < 4.78 is 5.25. The molecular formula is C19H31N3O2. The molecule has 0 aliphatic carbocycles. The molecule has 1 atom stereocenters. The van der Waals surface area contributed by atoms with Crippen molar-refractivity contribution in [1.82, 2.24) is 10.2 Å². The van der Waals surface area contributed by atoms with Gasteiger partial charge in [0, 0.05) is 18.3 Å². The fourth-order valence-electron chi connectivity index (χ4n) is 2.93. The summed E-state index contributed by atoms with van der Waals surface area (Å²) in [6, 6.07) is 8.57. The number of piperidine rings is 1. The average molecular weight is 333 g/mol. The first-order chi connectivity index (χ1) is 11.3. The molecule has 1 saturated heterocycles. The number of hydrogen-bond donors (Lipinski definition) is 2. The van der Waals surface area contributed by atoms with E-state index in [-0.39, 0.29) is 0 Å². The molecule has 0 bridgehead atoms. The lowest BCUT2D eigenvalue weighted by Gasteiger charge is -2.30. The number of carbonyl (C=O) groups is 1. The topological polar surface area (TPSA) is 53.6 Å². The van der Waals surface area contributed by atoms with Crippen molar-refractivity contribution in [3.8, 4) is 0 Å². The standard InChI is InChI=1S/C19H31N3O2/c1-19(2,3)24-18(23)21-16-9-7-15(8-10-16)11-12-20-17-6-5-13-22(4)14-17/h7-10,17,20H,5-6,11-14H2,1-4H3,(H,21,23). The molecule has 5 nitrogen and oxygen atoms in total. The van der Waals surface area contributed by atoms with Gasteiger partial charge in [-0.05, 0) is 77.9 Å². The van der Waals surface area contributed by atoms with Crippen LogP contribution >= 0.6 is 0 Å². The zero-order valence-corrected chi connectivity index (χ0v) is 15.4. The van der Waals surface area contributed by atoms with Gasteiger partial charge in [0.1, 0.15) is 5.60 Å². The quantitative estimate of drug-likeness (QED) is 0.868. The van der Waals surface area contributed by atoms with E-state index in [4.69, 9.17) is 4.74 Å². The van der Waals surface area contributed by atoms with E-state index < -0.39 is 11.7 Å². The summed E-state index contributed by atoms with van der Waals surface area (Å²) >= 11 is 0. The smallest absolute Gasteiger partial charge is 0.412 e. The molecule has 1 aliphatic heterocycles. The minimum Gasteiger partial charge on any atom is -0.444 e. The number of nitrogens with one attached hydrogen (secondary N) is 2. The van der Waals surface area contributed by atoms with Crippen molar-refractivity contribution in [2.24, 2.45) is 0 Å². The fraction of sp³-hybridized carbons (Fsp3) is 0.632. The highest BCUT2D eigenvalue weighted by Gasteiger charge is 2.17. The molecule has 1 fully saturated rings. The molecule has 0 spiro atoms. The zero-order chi connectivity index (χ0) is 17.6. The second kappa shape index (κ2) is 8.49. The number of carbonyl (C=O) groups excluding carboxylic acids is 1. The van der Waals surface area contributed by atoms with Crippen LogP contribution < -0.4 is 10.6 Å². The number of benzene rings is 1. The first-order valence-corrected chi connectivity index (χ1v) is 8.83. The number of hydrogen-bond acceptors (Lipinski definition) is 4. The first kappa shape index (κ1) is 18.7. The molecule has 5 heteroatoms. The first-order valence-electron chi connectivity index (χ1n) is 8.83. The number of anilines is 1. The van der Waals surface area contributed by atoms with E-state index >= 15 is 0 Å². The summed E-state index contributed by atoms with van der Waals surface area (Å²) in [4.78, 5) is 14.1. The SMILES string of the molecule is CN1CCCC(NCCc2ccc(NC(=O)OC(C)(C)C)cc2)C1. The summed E-state index contributed by atoms with van der Waals surface area (Å²) in [5.41, 5.74) is 1.54. The van der Waals surface area contributed by atoms with Crippen LogP contribution in [0.3, 0.4) is 0 Å². The normalized spacial score (nSPS) is 19.1. The van der Waals surface area contributed by atoms with Crippen LogP contribution in [0.4, 0.5) is 10.5 Å². The molecule has 134 valence electrons. The molecule has 1 unspecified atom stereocenters. The second-order valence-corrected chi connectivity index (χ2v) is 7.63. The molecule has 2 rings (SSSR count). The largest absolute Gasteiger partial charge is 0.444 e. The van der Waals surface area contributed by atoms with Crippen LogP contribution in [0.25, 0.3) is 0 Å². The highest BCUT2D eigenvalue weighted by molar-refractivity contribution is 5.84. The second-order valence-electron chi connectivity index (χ2n) is 7.63. The van der Waals surface area contributed by atoms with E-state index in [2.05, 4.69) is 34.7 Å². The molecule has 1 amide bonds. The highest BCUT2D eigenvalue weighted by Crippen LogP contribution is 2.13. The Bertz CT molecular complexity index is 522. The summed E-state index contributed by atoms with van der Waals surface area (Å²) in [5.74, 6) is 0. The minimum absolute atomic E-state index is 0.418. The maximum absolute atomic E-state index is 11.7.